The fourth-order valence-corrected chi connectivity index (χ4v) is 0.543. The summed E-state index contributed by atoms with van der Waals surface area (Å²) in [5, 5.41) is 0. The van der Waals surface area contributed by atoms with Gasteiger partial charge in [0, 0.05) is 6.92 Å². The highest BCUT2D eigenvalue weighted by Gasteiger charge is 1.70. The maximum Gasteiger partial charge on any atom is 0.219 e. The van der Waals surface area contributed by atoms with Crippen LogP contribution in [0.15, 0.2) is 4.36 Å². The number of carbonyl (C=O) groups excluding carboxylic acids is 1. The van der Waals surface area contributed by atoms with Crippen LogP contribution >= 0.6 is 0 Å². The van der Waals surface area contributed by atoms with Crippen LogP contribution in [0.25, 0.3) is 0 Å². The third-order valence-electron chi connectivity index (χ3n) is 0.257. The predicted octanol–water partition coefficient (Wildman–Crippen LogP) is 0.310. The van der Waals surface area contributed by atoms with Crippen molar-refractivity contribution in [2.24, 2.45) is 4.36 Å². The third kappa shape index (κ3) is 5.62. The molecule has 0 rings (SSSR count). The average molecular weight is 120 g/mol. The van der Waals surface area contributed by atoms with E-state index in [2.05, 4.69) is 4.36 Å². The first-order valence-corrected chi connectivity index (χ1v) is 3.20. The minimum absolute atomic E-state index is 0.388. The van der Waals surface area contributed by atoms with Crippen LogP contribution in [0.2, 0.25) is 0 Å². The lowest BCUT2D eigenvalue weighted by atomic mass is 10.8. The van der Waals surface area contributed by atoms with Crippen LogP contribution < -0.4 is 0 Å². The van der Waals surface area contributed by atoms with Gasteiger partial charge in [-0.15, -0.1) is 6.26 Å². The topological polar surface area (TPSA) is 46.5 Å². The molecule has 0 atom stereocenters. The Balaban J connectivity index is 3.95. The smallest absolute Gasteiger partial charge is 0.219 e. The molecule has 4 heteroatoms. The lowest BCUT2D eigenvalue weighted by molar-refractivity contribution is -0.115. The molecule has 0 radical (unpaired) electrons. The zero-order chi connectivity index (χ0) is 5.86. The van der Waals surface area contributed by atoms with Gasteiger partial charge in [0.25, 0.3) is 0 Å². The summed E-state index contributed by atoms with van der Waals surface area (Å²) in [6, 6.07) is 0. The predicted molar refractivity (Wildman–Crippen MR) is 27.1 cm³/mol. The van der Waals surface area contributed by atoms with E-state index in [4.69, 9.17) is 0 Å². The number of hydrogen-bond donors (Lipinski definition) is 0. The minimum atomic E-state index is -1.32. The van der Waals surface area contributed by atoms with Crippen molar-refractivity contribution in [1.82, 2.24) is 0 Å². The first-order valence-electron chi connectivity index (χ1n) is 1.69. The Hall–Kier alpha value is -0.380. The van der Waals surface area contributed by atoms with E-state index in [0.717, 1.165) is 0 Å². The van der Waals surface area contributed by atoms with Gasteiger partial charge in [-0.3, -0.25) is 4.79 Å². The van der Waals surface area contributed by atoms with E-state index in [-0.39, 0.29) is 5.91 Å². The number of hydrogen-bond acceptors (Lipinski definition) is 3. The Bertz CT molecular complexity index is 145. The highest BCUT2D eigenvalue weighted by Crippen LogP contribution is 1.70. The van der Waals surface area contributed by atoms with Crippen LogP contribution in [0.4, 0.5) is 0 Å². The van der Waals surface area contributed by atoms with Gasteiger partial charge < -0.3 is 8.57 Å². The second-order valence-electron chi connectivity index (χ2n) is 1.03. The molecule has 0 bridgehead atoms. The van der Waals surface area contributed by atoms with E-state index in [0.29, 0.717) is 0 Å². The van der Waals surface area contributed by atoms with Gasteiger partial charge in [-0.2, -0.15) is 10.6 Å². The molecule has 7 heavy (non-hydrogen) atoms. The van der Waals surface area contributed by atoms with Gasteiger partial charge in [-0.05, 0) is 0 Å². The van der Waals surface area contributed by atoms with Crippen molar-refractivity contribution < 1.29 is 9.00 Å². The zero-order valence-corrected chi connectivity index (χ0v) is 4.99. The van der Waals surface area contributed by atoms with Crippen molar-refractivity contribution in [1.29, 1.82) is 0 Å². The molecule has 0 aromatic rings. The third-order valence-corrected chi connectivity index (χ3v) is 0.771. The normalized spacial score (nSPS) is 14.0. The maximum atomic E-state index is 9.98. The number of carbonyl (C=O) groups is 1. The molecule has 1 amide bonds. The summed E-state index contributed by atoms with van der Waals surface area (Å²) < 4.78 is 13.1. The quantitative estimate of drug-likeness (QED) is 0.432. The van der Waals surface area contributed by atoms with Crippen molar-refractivity contribution in [2.75, 3.05) is 6.26 Å². The highest BCUT2D eigenvalue weighted by molar-refractivity contribution is 7.74. The second-order valence-corrected chi connectivity index (χ2v) is 2.06. The van der Waals surface area contributed by atoms with Gasteiger partial charge in [-0.1, -0.05) is 0 Å². The lowest BCUT2D eigenvalue weighted by Gasteiger charge is -1.84. The SMILES string of the molecule is CC(=O)N=[S-](C)=O. The van der Waals surface area contributed by atoms with Crippen LogP contribution in [-0.2, 0) is 19.6 Å². The Morgan fingerprint density at radius 3 is 2.14 bits per heavy atom. The number of amides is 1. The van der Waals surface area contributed by atoms with E-state index < -0.39 is 10.6 Å². The molecule has 0 aromatic carbocycles. The number of rotatable bonds is 0. The summed E-state index contributed by atoms with van der Waals surface area (Å²) in [4.78, 5) is 9.89. The summed E-state index contributed by atoms with van der Waals surface area (Å²) in [5.74, 6) is -0.388. The monoisotopic (exact) mass is 120 g/mol. The van der Waals surface area contributed by atoms with Crippen molar-refractivity contribution in [3.63, 3.8) is 0 Å². The fraction of sp³-hybridized carbons (Fsp3) is 0.667. The number of nitrogens with zero attached hydrogens (tertiary/aromatic N) is 1. The van der Waals surface area contributed by atoms with Crippen LogP contribution in [0.3, 0.4) is 0 Å². The van der Waals surface area contributed by atoms with Crippen molar-refractivity contribution in [3.8, 4) is 0 Å². The van der Waals surface area contributed by atoms with Gasteiger partial charge in [0.05, 0.1) is 0 Å². The molecular formula is C3H6NO2S-. The van der Waals surface area contributed by atoms with E-state index in [1.807, 2.05) is 0 Å². The summed E-state index contributed by atoms with van der Waals surface area (Å²) in [6.45, 7) is 1.27. The molecule has 0 fully saturated rings. The summed E-state index contributed by atoms with van der Waals surface area (Å²) in [7, 11) is -1.32. The molecule has 0 aliphatic carbocycles. The van der Waals surface area contributed by atoms with Crippen molar-refractivity contribution in [3.05, 3.63) is 0 Å². The van der Waals surface area contributed by atoms with Gasteiger partial charge >= 0.3 is 0 Å². The van der Waals surface area contributed by atoms with Crippen LogP contribution in [0.5, 0.6) is 0 Å². The average Bonchev–Trinajstić information content (AvgIpc) is 1.27. The Kier molecular flexibility index (Phi) is 2.59. The van der Waals surface area contributed by atoms with Crippen LogP contribution in [0.1, 0.15) is 6.92 Å². The molecule has 0 saturated carbocycles. The molecule has 0 heterocycles. The molecule has 0 N–H and O–H groups in total. The molecule has 0 aromatic heterocycles. The zero-order valence-electron chi connectivity index (χ0n) is 4.17. The second kappa shape index (κ2) is 2.74. The van der Waals surface area contributed by atoms with Gasteiger partial charge in [0.1, 0.15) is 0 Å². The van der Waals surface area contributed by atoms with E-state index >= 15 is 0 Å². The van der Waals surface area contributed by atoms with E-state index in [9.17, 15) is 9.00 Å². The fourth-order valence-electron chi connectivity index (χ4n) is 0.181. The molecule has 0 aliphatic heterocycles. The lowest BCUT2D eigenvalue weighted by Crippen LogP contribution is -1.80. The highest BCUT2D eigenvalue weighted by atomic mass is 32.2. The first-order chi connectivity index (χ1) is 3.13. The van der Waals surface area contributed by atoms with Gasteiger partial charge in [0.15, 0.2) is 0 Å². The van der Waals surface area contributed by atoms with E-state index in [1.165, 1.54) is 13.2 Å². The Morgan fingerprint density at radius 1 is 1.71 bits per heavy atom. The molecule has 0 spiro atoms. The summed E-state index contributed by atoms with van der Waals surface area (Å²) in [5.41, 5.74) is 0. The standard InChI is InChI=1S/C3H6NO2S/c1-3(5)4-7(2)6/h1-2H3/q-1. The molecule has 0 unspecified atom stereocenters. The Morgan fingerprint density at radius 2 is 2.14 bits per heavy atom. The molecule has 42 valence electrons. The van der Waals surface area contributed by atoms with E-state index in [1.54, 1.807) is 0 Å². The first kappa shape index (κ1) is 6.62. The van der Waals surface area contributed by atoms with Gasteiger partial charge in [0.2, 0.25) is 5.91 Å². The Labute approximate surface area is 43.9 Å². The summed E-state index contributed by atoms with van der Waals surface area (Å²) >= 11 is 0. The molecule has 0 saturated heterocycles. The van der Waals surface area contributed by atoms with Crippen molar-refractivity contribution >= 4 is 16.5 Å². The molecule has 0 aliphatic rings. The molecular weight excluding hydrogens is 114 g/mol. The van der Waals surface area contributed by atoms with Crippen LogP contribution in [0, 0.1) is 0 Å². The van der Waals surface area contributed by atoms with Crippen molar-refractivity contribution in [2.45, 2.75) is 6.92 Å². The van der Waals surface area contributed by atoms with Crippen LogP contribution in [-0.4, -0.2) is 12.2 Å². The van der Waals surface area contributed by atoms with Gasteiger partial charge in [-0.25, -0.2) is 0 Å². The summed E-state index contributed by atoms with van der Waals surface area (Å²) in [6.07, 6.45) is 1.35. The largest absolute Gasteiger partial charge is 0.444 e. The molecule has 3 nitrogen and oxygen atoms in total. The minimum Gasteiger partial charge on any atom is -0.444 e. The maximum absolute atomic E-state index is 9.98.